The van der Waals surface area contributed by atoms with E-state index in [2.05, 4.69) is 36.4 Å². The van der Waals surface area contributed by atoms with Crippen LogP contribution in [-0.2, 0) is 6.42 Å². The van der Waals surface area contributed by atoms with E-state index in [0.29, 0.717) is 12.8 Å². The molecule has 0 bridgehead atoms. The van der Waals surface area contributed by atoms with Crippen molar-refractivity contribution in [3.63, 3.8) is 0 Å². The molecule has 0 aromatic heterocycles. The van der Waals surface area contributed by atoms with E-state index in [-0.39, 0.29) is 6.42 Å². The van der Waals surface area contributed by atoms with Crippen LogP contribution in [0.1, 0.15) is 18.4 Å². The molecule has 0 spiro atoms. The molecule has 0 aliphatic heterocycles. The van der Waals surface area contributed by atoms with Crippen LogP contribution in [-0.4, -0.2) is 6.16 Å². The van der Waals surface area contributed by atoms with Gasteiger partial charge in [0.1, 0.15) is 0 Å². The van der Waals surface area contributed by atoms with Crippen molar-refractivity contribution in [3.05, 3.63) is 126 Å². The number of hydrogen-bond donors (Lipinski definition) is 0. The van der Waals surface area contributed by atoms with Crippen LogP contribution < -0.4 is 15.9 Å². The summed E-state index contributed by atoms with van der Waals surface area (Å²) in [7, 11) is -2.52. The van der Waals surface area contributed by atoms with Gasteiger partial charge in [-0.1, -0.05) is 0 Å². The van der Waals surface area contributed by atoms with Crippen molar-refractivity contribution < 1.29 is 22.0 Å². The molecule has 0 saturated carbocycles. The summed E-state index contributed by atoms with van der Waals surface area (Å²) >= 11 is 0. The molecular weight excluding hydrogens is 462 g/mol. The van der Waals surface area contributed by atoms with Crippen molar-refractivity contribution in [2.24, 2.45) is 0 Å². The van der Waals surface area contributed by atoms with Crippen molar-refractivity contribution in [3.8, 4) is 0 Å². The fourth-order valence-corrected chi connectivity index (χ4v) is 9.59. The molecule has 0 radical (unpaired) electrons. The molecule has 4 aromatic rings. The Morgan fingerprint density at radius 3 is 1.18 bits per heavy atom. The van der Waals surface area contributed by atoms with Crippen molar-refractivity contribution >= 4 is 23.2 Å². The number of hydrogen-bond acceptors (Lipinski definition) is 0. The maximum absolute atomic E-state index is 14.1. The molecule has 0 heterocycles. The van der Waals surface area contributed by atoms with Gasteiger partial charge in [-0.25, -0.2) is 0 Å². The maximum atomic E-state index is 14.1. The third-order valence-electron chi connectivity index (χ3n) is 6.33. The Morgan fingerprint density at radius 2 is 0.794 bits per heavy atom. The molecule has 34 heavy (non-hydrogen) atoms. The Balaban J connectivity index is 1.69. The third-order valence-corrected chi connectivity index (χ3v) is 11.4. The van der Waals surface area contributed by atoms with E-state index in [4.69, 9.17) is 0 Å². The second-order valence-corrected chi connectivity index (χ2v) is 12.3. The van der Waals surface area contributed by atoms with Gasteiger partial charge in [-0.3, -0.25) is 0 Å². The molecule has 0 fully saturated rings. The van der Waals surface area contributed by atoms with Gasteiger partial charge in [0.25, 0.3) is 0 Å². The van der Waals surface area contributed by atoms with Gasteiger partial charge in [0.05, 0.1) is 0 Å². The van der Waals surface area contributed by atoms with Crippen molar-refractivity contribution in [2.75, 3.05) is 6.16 Å². The summed E-state index contributed by atoms with van der Waals surface area (Å²) in [5.74, 6) is -9.39. The molecule has 0 aliphatic carbocycles. The zero-order valence-corrected chi connectivity index (χ0v) is 19.4. The normalized spacial score (nSPS) is 12.0. The van der Waals surface area contributed by atoms with Crippen molar-refractivity contribution in [1.82, 2.24) is 0 Å². The minimum absolute atomic E-state index is 0.228. The molecule has 0 saturated heterocycles. The SMILES string of the molecule is Fc1c(F)c(F)c(CCCC[PH](c2ccccc2)(c2ccccc2)c2ccccc2)c(F)c1F. The Hall–Kier alpha value is -3.04. The van der Waals surface area contributed by atoms with Gasteiger partial charge in [-0.15, -0.1) is 0 Å². The van der Waals surface area contributed by atoms with E-state index in [1.807, 2.05) is 54.6 Å². The summed E-state index contributed by atoms with van der Waals surface area (Å²) in [5, 5.41) is 3.59. The average molecular weight is 486 g/mol. The fourth-order valence-electron chi connectivity index (χ4n) is 4.66. The van der Waals surface area contributed by atoms with Gasteiger partial charge in [-0.05, 0) is 0 Å². The van der Waals surface area contributed by atoms with E-state index in [1.54, 1.807) is 0 Å². The van der Waals surface area contributed by atoms with Crippen LogP contribution in [0.4, 0.5) is 22.0 Å². The summed E-state index contributed by atoms with van der Waals surface area (Å²) in [6, 6.07) is 30.5. The second kappa shape index (κ2) is 10.5. The summed E-state index contributed by atoms with van der Waals surface area (Å²) in [5.41, 5.74) is -0.747. The second-order valence-electron chi connectivity index (χ2n) is 8.26. The van der Waals surface area contributed by atoms with Crippen LogP contribution in [0.3, 0.4) is 0 Å². The Labute approximate surface area is 196 Å². The fraction of sp³-hybridized carbons (Fsp3) is 0.143. The van der Waals surface area contributed by atoms with Crippen LogP contribution in [0.15, 0.2) is 91.0 Å². The Morgan fingerprint density at radius 1 is 0.441 bits per heavy atom. The van der Waals surface area contributed by atoms with Crippen LogP contribution >= 0.6 is 7.26 Å². The molecule has 6 heteroatoms. The van der Waals surface area contributed by atoms with Crippen LogP contribution in [0.25, 0.3) is 0 Å². The molecule has 0 aliphatic rings. The number of benzene rings is 4. The summed E-state index contributed by atoms with van der Waals surface area (Å²) in [4.78, 5) is 0. The van der Waals surface area contributed by atoms with Gasteiger partial charge < -0.3 is 0 Å². The standard InChI is InChI=1S/C28H24F5P/c29-24-23(25(30)27(32)28(33)26(24)31)18-10-11-19-34(20-12-4-1-5-13-20,21-14-6-2-7-15-21)22-16-8-3-9-17-22/h1-9,12-17,34H,10-11,18-19H2. The predicted octanol–water partition coefficient (Wildman–Crippen LogP) is 6.43. The van der Waals surface area contributed by atoms with Gasteiger partial charge in [-0.2, -0.15) is 0 Å². The van der Waals surface area contributed by atoms with E-state index in [0.717, 1.165) is 6.16 Å². The summed E-state index contributed by atoms with van der Waals surface area (Å²) in [6.07, 6.45) is 1.35. The molecular formula is C28H24F5P. The van der Waals surface area contributed by atoms with Crippen molar-refractivity contribution in [2.45, 2.75) is 19.3 Å². The van der Waals surface area contributed by atoms with Gasteiger partial charge in [0.15, 0.2) is 0 Å². The zero-order valence-electron chi connectivity index (χ0n) is 18.4. The molecule has 4 aromatic carbocycles. The first-order chi connectivity index (χ1) is 16.5. The molecule has 0 unspecified atom stereocenters. The zero-order chi connectivity index (χ0) is 24.1. The monoisotopic (exact) mass is 486 g/mol. The van der Waals surface area contributed by atoms with Crippen LogP contribution in [0.5, 0.6) is 0 Å². The number of unbranched alkanes of at least 4 members (excludes halogenated alkanes) is 1. The molecule has 0 atom stereocenters. The predicted molar refractivity (Wildman–Crippen MR) is 131 cm³/mol. The summed E-state index contributed by atoms with van der Waals surface area (Å²) < 4.78 is 68.9. The van der Waals surface area contributed by atoms with Gasteiger partial charge in [0.2, 0.25) is 0 Å². The van der Waals surface area contributed by atoms with E-state index in [1.165, 1.54) is 15.9 Å². The summed E-state index contributed by atoms with van der Waals surface area (Å²) in [6.45, 7) is 0. The average Bonchev–Trinajstić information content (AvgIpc) is 2.90. The van der Waals surface area contributed by atoms with Crippen LogP contribution in [0, 0.1) is 29.1 Å². The van der Waals surface area contributed by atoms with Crippen molar-refractivity contribution in [1.29, 1.82) is 0 Å². The first kappa shape index (κ1) is 24.1. The topological polar surface area (TPSA) is 0 Å². The van der Waals surface area contributed by atoms with E-state index >= 15 is 0 Å². The number of rotatable bonds is 8. The number of halogens is 5. The first-order valence-electron chi connectivity index (χ1n) is 11.1. The van der Waals surface area contributed by atoms with Gasteiger partial charge in [0, 0.05) is 0 Å². The molecule has 4 rings (SSSR count). The quantitative estimate of drug-likeness (QED) is 0.0885. The molecule has 0 N–H and O–H groups in total. The van der Waals surface area contributed by atoms with Crippen LogP contribution in [0.2, 0.25) is 0 Å². The first-order valence-corrected chi connectivity index (χ1v) is 13.3. The molecule has 0 nitrogen and oxygen atoms in total. The van der Waals surface area contributed by atoms with E-state index in [9.17, 15) is 22.0 Å². The Kier molecular flexibility index (Phi) is 7.43. The Bertz CT molecular complexity index is 1120. The molecule has 176 valence electrons. The minimum atomic E-state index is -2.52. The van der Waals surface area contributed by atoms with E-state index < -0.39 is 41.9 Å². The van der Waals surface area contributed by atoms with Gasteiger partial charge >= 0.3 is 196 Å². The molecule has 0 amide bonds. The third kappa shape index (κ3) is 4.50.